The number of hydrogen-bond acceptors (Lipinski definition) is 5. The van der Waals surface area contributed by atoms with Crippen molar-refractivity contribution in [2.75, 3.05) is 18.5 Å². The summed E-state index contributed by atoms with van der Waals surface area (Å²) < 4.78 is 7.90. The second kappa shape index (κ2) is 6.29. The summed E-state index contributed by atoms with van der Waals surface area (Å²) in [5, 5.41) is 24.4. The largest absolute Gasteiger partial charge is 0.372 e. The molecule has 1 saturated heterocycles. The first-order valence-electron chi connectivity index (χ1n) is 8.59. The molecule has 0 bridgehead atoms. The number of hydrogen-bond donors (Lipinski definition) is 2. The Balaban J connectivity index is 1.48. The fraction of sp³-hybridized carbons (Fsp3) is 0.588. The molecule has 1 aliphatic heterocycles. The number of aromatic amines is 1. The number of aryl methyl sites for hydroxylation is 1. The Kier molecular flexibility index (Phi) is 3.98. The van der Waals surface area contributed by atoms with Crippen molar-refractivity contribution in [3.05, 3.63) is 29.2 Å². The van der Waals surface area contributed by atoms with Crippen molar-refractivity contribution in [1.29, 1.82) is 5.26 Å². The Morgan fingerprint density at radius 2 is 2.33 bits per heavy atom. The van der Waals surface area contributed by atoms with Crippen LogP contribution in [0.15, 0.2) is 12.3 Å². The summed E-state index contributed by atoms with van der Waals surface area (Å²) in [4.78, 5) is 0. The molecule has 0 aromatic carbocycles. The lowest BCUT2D eigenvalue weighted by atomic mass is 9.92. The maximum absolute atomic E-state index is 9.45. The summed E-state index contributed by atoms with van der Waals surface area (Å²) in [7, 11) is 1.95. The van der Waals surface area contributed by atoms with Crippen LogP contribution >= 0.6 is 0 Å². The number of nitrogens with zero attached hydrogens (tertiary/aromatic N) is 4. The van der Waals surface area contributed by atoms with Crippen molar-refractivity contribution >= 4 is 5.82 Å². The molecule has 2 atom stereocenters. The molecule has 1 saturated carbocycles. The molecular weight excluding hydrogens is 304 g/mol. The van der Waals surface area contributed by atoms with Crippen LogP contribution < -0.4 is 5.32 Å². The van der Waals surface area contributed by atoms with Crippen molar-refractivity contribution in [1.82, 2.24) is 20.0 Å². The monoisotopic (exact) mass is 326 g/mol. The quantitative estimate of drug-likeness (QED) is 0.880. The molecular formula is C17H22N6O. The van der Waals surface area contributed by atoms with Crippen molar-refractivity contribution in [2.45, 2.75) is 37.7 Å². The molecule has 2 fully saturated rings. The second-order valence-electron chi connectivity index (χ2n) is 6.70. The highest BCUT2D eigenvalue weighted by molar-refractivity contribution is 5.56. The highest BCUT2D eigenvalue weighted by atomic mass is 16.5. The Bertz CT molecular complexity index is 753. The summed E-state index contributed by atoms with van der Waals surface area (Å²) in [6, 6.07) is 4.32. The lowest BCUT2D eigenvalue weighted by molar-refractivity contribution is -0.0284. The molecule has 7 heteroatoms. The van der Waals surface area contributed by atoms with E-state index in [1.165, 1.54) is 0 Å². The van der Waals surface area contributed by atoms with Gasteiger partial charge < -0.3 is 10.1 Å². The van der Waals surface area contributed by atoms with Crippen molar-refractivity contribution in [3.63, 3.8) is 0 Å². The van der Waals surface area contributed by atoms with Gasteiger partial charge in [-0.25, -0.2) is 0 Å². The van der Waals surface area contributed by atoms with Gasteiger partial charge in [-0.3, -0.25) is 9.78 Å². The Morgan fingerprint density at radius 1 is 1.46 bits per heavy atom. The van der Waals surface area contributed by atoms with Gasteiger partial charge in [0, 0.05) is 38.2 Å². The first-order valence-corrected chi connectivity index (χ1v) is 8.59. The molecule has 2 aliphatic rings. The highest BCUT2D eigenvalue weighted by Crippen LogP contribution is 2.42. The zero-order valence-corrected chi connectivity index (χ0v) is 13.8. The van der Waals surface area contributed by atoms with E-state index >= 15 is 0 Å². The summed E-state index contributed by atoms with van der Waals surface area (Å²) in [6.45, 7) is 1.52. The fourth-order valence-electron chi connectivity index (χ4n) is 3.53. The average molecular weight is 326 g/mol. The second-order valence-corrected chi connectivity index (χ2v) is 6.70. The lowest BCUT2D eigenvalue weighted by Crippen LogP contribution is -2.29. The van der Waals surface area contributed by atoms with E-state index in [0.29, 0.717) is 23.2 Å². The topological polar surface area (TPSA) is 91.5 Å². The number of nitriles is 1. The summed E-state index contributed by atoms with van der Waals surface area (Å²) in [5.41, 5.74) is 2.76. The van der Waals surface area contributed by atoms with Gasteiger partial charge in [0.25, 0.3) is 0 Å². The van der Waals surface area contributed by atoms with Gasteiger partial charge in [0.05, 0.1) is 11.4 Å². The van der Waals surface area contributed by atoms with Crippen LogP contribution in [0.3, 0.4) is 0 Å². The molecule has 0 amide bonds. The highest BCUT2D eigenvalue weighted by Gasteiger charge is 2.32. The van der Waals surface area contributed by atoms with Crippen LogP contribution in [0.2, 0.25) is 0 Å². The molecule has 2 aromatic rings. The predicted molar refractivity (Wildman–Crippen MR) is 88.4 cm³/mol. The number of rotatable bonds is 5. The molecule has 2 N–H and O–H groups in total. The minimum Gasteiger partial charge on any atom is -0.372 e. The van der Waals surface area contributed by atoms with Crippen LogP contribution in [-0.4, -0.2) is 33.1 Å². The summed E-state index contributed by atoms with van der Waals surface area (Å²) in [5.74, 6) is 1.50. The molecule has 4 rings (SSSR count). The molecule has 0 radical (unpaired) electrons. The van der Waals surface area contributed by atoms with Gasteiger partial charge in [-0.2, -0.15) is 15.5 Å². The average Bonchev–Trinajstić information content (AvgIpc) is 3.23. The van der Waals surface area contributed by atoms with Crippen LogP contribution in [0.1, 0.15) is 54.7 Å². The normalized spacial score (nSPS) is 23.8. The Hall–Kier alpha value is -2.33. The minimum absolute atomic E-state index is 0.0335. The van der Waals surface area contributed by atoms with Gasteiger partial charge in [0.2, 0.25) is 0 Å². The lowest BCUT2D eigenvalue weighted by Gasteiger charge is -2.32. The molecule has 24 heavy (non-hydrogen) atoms. The third kappa shape index (κ3) is 2.78. The van der Waals surface area contributed by atoms with E-state index in [4.69, 9.17) is 4.74 Å². The third-order valence-corrected chi connectivity index (χ3v) is 5.02. The maximum atomic E-state index is 9.45. The Morgan fingerprint density at radius 3 is 3.04 bits per heavy atom. The van der Waals surface area contributed by atoms with Gasteiger partial charge in [-0.1, -0.05) is 0 Å². The smallest absolute Gasteiger partial charge is 0.166 e. The first kappa shape index (κ1) is 15.2. The van der Waals surface area contributed by atoms with E-state index in [2.05, 4.69) is 26.7 Å². The van der Waals surface area contributed by atoms with Crippen LogP contribution in [0.5, 0.6) is 0 Å². The first-order chi connectivity index (χ1) is 11.8. The molecule has 0 unspecified atom stereocenters. The molecule has 2 aromatic heterocycles. The predicted octanol–water partition coefficient (Wildman–Crippen LogP) is 2.47. The van der Waals surface area contributed by atoms with E-state index < -0.39 is 0 Å². The van der Waals surface area contributed by atoms with Crippen LogP contribution in [0.25, 0.3) is 0 Å². The number of aromatic nitrogens is 4. The van der Waals surface area contributed by atoms with Gasteiger partial charge in [0.1, 0.15) is 17.7 Å². The van der Waals surface area contributed by atoms with E-state index in [-0.39, 0.29) is 6.10 Å². The summed E-state index contributed by atoms with van der Waals surface area (Å²) >= 11 is 0. The number of anilines is 1. The van der Waals surface area contributed by atoms with Gasteiger partial charge >= 0.3 is 0 Å². The van der Waals surface area contributed by atoms with E-state index in [0.717, 1.165) is 50.2 Å². The summed E-state index contributed by atoms with van der Waals surface area (Å²) in [6.07, 6.45) is 6.28. The molecule has 1 aliphatic carbocycles. The van der Waals surface area contributed by atoms with Gasteiger partial charge in [-0.05, 0) is 31.7 Å². The van der Waals surface area contributed by atoms with Crippen molar-refractivity contribution in [2.24, 2.45) is 13.0 Å². The molecule has 7 nitrogen and oxygen atoms in total. The maximum Gasteiger partial charge on any atom is 0.166 e. The van der Waals surface area contributed by atoms with Gasteiger partial charge in [0.15, 0.2) is 5.82 Å². The van der Waals surface area contributed by atoms with Crippen LogP contribution in [0, 0.1) is 17.2 Å². The zero-order chi connectivity index (χ0) is 16.5. The van der Waals surface area contributed by atoms with Crippen LogP contribution in [-0.2, 0) is 11.8 Å². The Labute approximate surface area is 141 Å². The third-order valence-electron chi connectivity index (χ3n) is 5.02. The van der Waals surface area contributed by atoms with E-state index in [9.17, 15) is 5.26 Å². The van der Waals surface area contributed by atoms with E-state index in [1.807, 2.05) is 17.8 Å². The van der Waals surface area contributed by atoms with Crippen molar-refractivity contribution < 1.29 is 4.74 Å². The molecule has 3 heterocycles. The SMILES string of the molecule is Cn1nccc1[C@@H]1OCCC[C@H]1CNc1n[nH]c(C2CC2)c1C#N. The molecule has 0 spiro atoms. The minimum atomic E-state index is 0.0335. The van der Waals surface area contributed by atoms with Crippen LogP contribution in [0.4, 0.5) is 5.82 Å². The van der Waals surface area contributed by atoms with E-state index in [1.54, 1.807) is 6.20 Å². The fourth-order valence-corrected chi connectivity index (χ4v) is 3.53. The standard InChI is InChI=1S/C17H22N6O/c1-23-14(6-7-20-23)16-12(3-2-8-24-16)10-19-17-13(9-18)15(21-22-17)11-4-5-11/h6-7,11-12,16H,2-5,8,10H2,1H3,(H2,19,21,22)/t12-,16+/m0/s1. The number of ether oxygens (including phenoxy) is 1. The molecule has 126 valence electrons. The number of H-pyrrole nitrogens is 1. The van der Waals surface area contributed by atoms with Crippen molar-refractivity contribution in [3.8, 4) is 6.07 Å². The zero-order valence-electron chi connectivity index (χ0n) is 13.8. The number of nitrogens with one attached hydrogen (secondary N) is 2. The van der Waals surface area contributed by atoms with Gasteiger partial charge in [-0.15, -0.1) is 0 Å².